The molecule has 1 aliphatic heterocycles. The number of nitrogens with zero attached hydrogens (tertiary/aromatic N) is 3. The van der Waals surface area contributed by atoms with Gasteiger partial charge < -0.3 is 10.3 Å². The van der Waals surface area contributed by atoms with Gasteiger partial charge in [-0.15, -0.1) is 0 Å². The summed E-state index contributed by atoms with van der Waals surface area (Å²) in [5, 5.41) is 10.9. The van der Waals surface area contributed by atoms with Gasteiger partial charge in [0.25, 0.3) is 5.69 Å². The van der Waals surface area contributed by atoms with Gasteiger partial charge in [-0.3, -0.25) is 20.9 Å². The van der Waals surface area contributed by atoms with E-state index in [1.807, 2.05) is 0 Å². The number of hydrazine groups is 1. The number of hydrogen-bond acceptors (Lipinski definition) is 6. The van der Waals surface area contributed by atoms with Crippen molar-refractivity contribution >= 4 is 11.4 Å². The fourth-order valence-corrected chi connectivity index (χ4v) is 2.86. The first-order valence-corrected chi connectivity index (χ1v) is 7.14. The summed E-state index contributed by atoms with van der Waals surface area (Å²) >= 11 is 0. The minimum atomic E-state index is -0.377. The largest absolute Gasteiger partial charge is 0.324 e. The third kappa shape index (κ3) is 3.90. The number of piperidine rings is 1. The fourth-order valence-electron chi connectivity index (χ4n) is 2.86. The van der Waals surface area contributed by atoms with Gasteiger partial charge in [-0.2, -0.15) is 0 Å². The van der Waals surface area contributed by atoms with Crippen LogP contribution in [0.25, 0.3) is 0 Å². The van der Waals surface area contributed by atoms with Gasteiger partial charge in [0.15, 0.2) is 0 Å². The average Bonchev–Trinajstić information content (AvgIpc) is 2.47. The molecule has 0 aromatic heterocycles. The highest BCUT2D eigenvalue weighted by molar-refractivity contribution is 5.55. The second-order valence-corrected chi connectivity index (χ2v) is 5.72. The van der Waals surface area contributed by atoms with Crippen molar-refractivity contribution < 1.29 is 4.92 Å². The Morgan fingerprint density at radius 3 is 2.95 bits per heavy atom. The van der Waals surface area contributed by atoms with Crippen molar-refractivity contribution in [2.75, 3.05) is 32.6 Å². The number of anilines is 1. The monoisotopic (exact) mass is 293 g/mol. The van der Waals surface area contributed by atoms with Crippen molar-refractivity contribution in [2.24, 2.45) is 5.84 Å². The molecule has 21 heavy (non-hydrogen) atoms. The number of nitro benzene ring substituents is 1. The van der Waals surface area contributed by atoms with Crippen LogP contribution in [0.2, 0.25) is 0 Å². The Morgan fingerprint density at radius 1 is 1.57 bits per heavy atom. The van der Waals surface area contributed by atoms with E-state index in [1.54, 1.807) is 12.1 Å². The second-order valence-electron chi connectivity index (χ2n) is 5.72. The molecule has 0 radical (unpaired) electrons. The summed E-state index contributed by atoms with van der Waals surface area (Å²) in [6, 6.07) is 5.19. The topological polar surface area (TPSA) is 87.7 Å². The summed E-state index contributed by atoms with van der Waals surface area (Å²) in [6.07, 6.45) is 2.34. The number of nitro groups is 1. The highest BCUT2D eigenvalue weighted by Crippen LogP contribution is 2.24. The standard InChI is InChI=1S/C14H23N5O2/c1-17-7-3-4-13(10-17)18(2)9-11-8-12(19(20)21)5-6-14(11)16-15/h5-6,8,13,16H,3-4,7,9-10,15H2,1-2H3. The van der Waals surface area contributed by atoms with E-state index in [0.29, 0.717) is 12.6 Å². The van der Waals surface area contributed by atoms with Gasteiger partial charge >= 0.3 is 0 Å². The molecule has 7 heteroatoms. The third-order valence-electron chi connectivity index (χ3n) is 4.10. The fraction of sp³-hybridized carbons (Fsp3) is 0.571. The molecule has 1 saturated heterocycles. The number of nitrogen functional groups attached to an aromatic ring is 1. The van der Waals surface area contributed by atoms with Crippen LogP contribution in [0, 0.1) is 10.1 Å². The first-order valence-electron chi connectivity index (χ1n) is 7.14. The lowest BCUT2D eigenvalue weighted by atomic mass is 10.0. The maximum atomic E-state index is 10.9. The van der Waals surface area contributed by atoms with Gasteiger partial charge in [-0.25, -0.2) is 0 Å². The van der Waals surface area contributed by atoms with Crippen molar-refractivity contribution in [1.29, 1.82) is 0 Å². The number of non-ortho nitro benzene ring substituents is 1. The molecule has 2 rings (SSSR count). The predicted molar refractivity (Wildman–Crippen MR) is 82.9 cm³/mol. The van der Waals surface area contributed by atoms with E-state index >= 15 is 0 Å². The highest BCUT2D eigenvalue weighted by Gasteiger charge is 2.22. The first kappa shape index (κ1) is 15.7. The van der Waals surface area contributed by atoms with Crippen LogP contribution >= 0.6 is 0 Å². The van der Waals surface area contributed by atoms with Crippen molar-refractivity contribution in [2.45, 2.75) is 25.4 Å². The molecule has 0 saturated carbocycles. The number of benzene rings is 1. The lowest BCUT2D eigenvalue weighted by molar-refractivity contribution is -0.384. The van der Waals surface area contributed by atoms with Gasteiger partial charge in [-0.05, 0) is 45.1 Å². The quantitative estimate of drug-likeness (QED) is 0.485. The van der Waals surface area contributed by atoms with E-state index in [9.17, 15) is 10.1 Å². The summed E-state index contributed by atoms with van der Waals surface area (Å²) in [6.45, 7) is 2.80. The Balaban J connectivity index is 2.13. The van der Waals surface area contributed by atoms with Gasteiger partial charge in [0.1, 0.15) is 0 Å². The van der Waals surface area contributed by atoms with E-state index in [-0.39, 0.29) is 10.6 Å². The summed E-state index contributed by atoms with van der Waals surface area (Å²) in [5.74, 6) is 5.51. The number of rotatable bonds is 5. The van der Waals surface area contributed by atoms with Crippen LogP contribution in [0.5, 0.6) is 0 Å². The van der Waals surface area contributed by atoms with Crippen LogP contribution in [0.4, 0.5) is 11.4 Å². The highest BCUT2D eigenvalue weighted by atomic mass is 16.6. The Morgan fingerprint density at radius 2 is 2.33 bits per heavy atom. The normalized spacial score (nSPS) is 19.7. The van der Waals surface area contributed by atoms with E-state index in [2.05, 4.69) is 29.3 Å². The molecule has 1 unspecified atom stereocenters. The van der Waals surface area contributed by atoms with Crippen molar-refractivity contribution in [3.8, 4) is 0 Å². The summed E-state index contributed by atoms with van der Waals surface area (Å²) in [4.78, 5) is 15.1. The van der Waals surface area contributed by atoms with E-state index in [1.165, 1.54) is 12.5 Å². The molecule has 1 heterocycles. The molecular formula is C14H23N5O2. The van der Waals surface area contributed by atoms with Gasteiger partial charge in [0.2, 0.25) is 0 Å². The van der Waals surface area contributed by atoms with Crippen molar-refractivity contribution in [3.05, 3.63) is 33.9 Å². The van der Waals surface area contributed by atoms with E-state index < -0.39 is 0 Å². The van der Waals surface area contributed by atoms with Crippen LogP contribution < -0.4 is 11.3 Å². The Bertz CT molecular complexity index is 508. The molecule has 0 aliphatic carbocycles. The number of nitrogens with one attached hydrogen (secondary N) is 1. The number of nitrogens with two attached hydrogens (primary N) is 1. The smallest absolute Gasteiger partial charge is 0.269 e. The maximum Gasteiger partial charge on any atom is 0.269 e. The summed E-state index contributed by atoms with van der Waals surface area (Å²) in [7, 11) is 4.18. The molecule has 1 aromatic rings. The molecule has 3 N–H and O–H groups in total. The lowest BCUT2D eigenvalue weighted by Gasteiger charge is -2.36. The summed E-state index contributed by atoms with van der Waals surface area (Å²) in [5.41, 5.74) is 4.30. The maximum absolute atomic E-state index is 10.9. The Labute approximate surface area is 124 Å². The molecule has 1 fully saturated rings. The van der Waals surface area contributed by atoms with Crippen LogP contribution in [0.3, 0.4) is 0 Å². The SMILES string of the molecule is CN1CCCC(N(C)Cc2cc([N+](=O)[O-])ccc2NN)C1. The zero-order valence-corrected chi connectivity index (χ0v) is 12.6. The van der Waals surface area contributed by atoms with Crippen LogP contribution in [0.1, 0.15) is 18.4 Å². The number of hydrogen-bond donors (Lipinski definition) is 2. The molecule has 1 aliphatic rings. The molecule has 0 spiro atoms. The van der Waals surface area contributed by atoms with Gasteiger partial charge in [0, 0.05) is 31.3 Å². The van der Waals surface area contributed by atoms with E-state index in [0.717, 1.165) is 30.8 Å². The molecule has 1 atom stereocenters. The van der Waals surface area contributed by atoms with E-state index in [4.69, 9.17) is 5.84 Å². The molecule has 7 nitrogen and oxygen atoms in total. The number of likely N-dealkylation sites (N-methyl/N-ethyl adjacent to an activating group) is 2. The Hall–Kier alpha value is -1.70. The number of likely N-dealkylation sites (tertiary alicyclic amines) is 1. The first-order chi connectivity index (χ1) is 10.0. The zero-order chi connectivity index (χ0) is 15.4. The van der Waals surface area contributed by atoms with Gasteiger partial charge in [-0.1, -0.05) is 0 Å². The van der Waals surface area contributed by atoms with Crippen molar-refractivity contribution in [1.82, 2.24) is 9.80 Å². The Kier molecular flexibility index (Phi) is 5.11. The summed E-state index contributed by atoms with van der Waals surface area (Å²) < 4.78 is 0. The minimum Gasteiger partial charge on any atom is -0.324 e. The minimum absolute atomic E-state index is 0.0955. The van der Waals surface area contributed by atoms with Crippen LogP contribution in [-0.4, -0.2) is 47.9 Å². The third-order valence-corrected chi connectivity index (χ3v) is 4.10. The lowest BCUT2D eigenvalue weighted by Crippen LogP contribution is -2.44. The second kappa shape index (κ2) is 6.84. The molecular weight excluding hydrogens is 270 g/mol. The van der Waals surface area contributed by atoms with Crippen LogP contribution in [-0.2, 0) is 6.54 Å². The predicted octanol–water partition coefficient (Wildman–Crippen LogP) is 1.41. The molecule has 0 amide bonds. The average molecular weight is 293 g/mol. The molecule has 0 bridgehead atoms. The van der Waals surface area contributed by atoms with Gasteiger partial charge in [0.05, 0.1) is 10.6 Å². The van der Waals surface area contributed by atoms with Crippen LogP contribution in [0.15, 0.2) is 18.2 Å². The molecule has 1 aromatic carbocycles. The zero-order valence-electron chi connectivity index (χ0n) is 12.6. The molecule has 116 valence electrons. The van der Waals surface area contributed by atoms with Crippen molar-refractivity contribution in [3.63, 3.8) is 0 Å².